The van der Waals surface area contributed by atoms with E-state index in [0.29, 0.717) is 5.56 Å². The zero-order valence-electron chi connectivity index (χ0n) is 10.1. The zero-order valence-corrected chi connectivity index (χ0v) is 10.1. The summed E-state index contributed by atoms with van der Waals surface area (Å²) in [4.78, 5) is 11.1. The molecule has 0 saturated carbocycles. The Labute approximate surface area is 107 Å². The SMILES string of the molecule is CC(Cc1ccc(F)cc1)(NCC(F)(F)F)C(=O)O. The highest BCUT2D eigenvalue weighted by atomic mass is 19.4. The summed E-state index contributed by atoms with van der Waals surface area (Å²) >= 11 is 0. The third-order valence-electron chi connectivity index (χ3n) is 2.62. The number of hydrogen-bond donors (Lipinski definition) is 2. The van der Waals surface area contributed by atoms with Crippen molar-refractivity contribution in [1.82, 2.24) is 5.32 Å². The number of carboxylic acids is 1. The minimum absolute atomic E-state index is 0.182. The van der Waals surface area contributed by atoms with Crippen LogP contribution in [0.1, 0.15) is 12.5 Å². The van der Waals surface area contributed by atoms with Crippen LogP contribution in [0, 0.1) is 5.82 Å². The number of nitrogens with one attached hydrogen (secondary N) is 1. The molecule has 0 aliphatic heterocycles. The molecule has 1 rings (SSSR count). The first kappa shape index (κ1) is 15.4. The summed E-state index contributed by atoms with van der Waals surface area (Å²) in [7, 11) is 0. The number of rotatable bonds is 5. The van der Waals surface area contributed by atoms with Gasteiger partial charge in [-0.3, -0.25) is 10.1 Å². The Morgan fingerprint density at radius 2 is 1.79 bits per heavy atom. The third-order valence-corrected chi connectivity index (χ3v) is 2.62. The maximum atomic E-state index is 12.7. The molecular weight excluding hydrogens is 266 g/mol. The number of carboxylic acid groups (broad SMARTS) is 1. The van der Waals surface area contributed by atoms with Crippen molar-refractivity contribution >= 4 is 5.97 Å². The Hall–Kier alpha value is -1.63. The standard InChI is InChI=1S/C12H13F4NO2/c1-11(10(18)19,17-7-12(14,15)16)6-8-2-4-9(13)5-3-8/h2-5,17H,6-7H2,1H3,(H,18,19). The smallest absolute Gasteiger partial charge is 0.401 e. The van der Waals surface area contributed by atoms with Crippen molar-refractivity contribution in [3.05, 3.63) is 35.6 Å². The first-order valence-electron chi connectivity index (χ1n) is 5.42. The van der Waals surface area contributed by atoms with Crippen molar-refractivity contribution in [3.63, 3.8) is 0 Å². The number of benzene rings is 1. The molecule has 0 spiro atoms. The highest BCUT2D eigenvalue weighted by molar-refractivity contribution is 5.78. The van der Waals surface area contributed by atoms with Crippen LogP contribution in [-0.2, 0) is 11.2 Å². The lowest BCUT2D eigenvalue weighted by Crippen LogP contribution is -2.54. The van der Waals surface area contributed by atoms with Gasteiger partial charge >= 0.3 is 12.1 Å². The molecule has 0 bridgehead atoms. The predicted octanol–water partition coefficient (Wildman–Crippen LogP) is 2.36. The molecule has 1 aromatic rings. The first-order valence-corrected chi connectivity index (χ1v) is 5.42. The number of halogens is 4. The maximum absolute atomic E-state index is 12.7. The lowest BCUT2D eigenvalue weighted by atomic mass is 9.93. The van der Waals surface area contributed by atoms with E-state index in [9.17, 15) is 22.4 Å². The molecule has 1 atom stereocenters. The molecule has 0 aromatic heterocycles. The molecular formula is C12H13F4NO2. The average Bonchev–Trinajstić information content (AvgIpc) is 2.29. The second-order valence-electron chi connectivity index (χ2n) is 4.41. The number of hydrogen-bond acceptors (Lipinski definition) is 2. The summed E-state index contributed by atoms with van der Waals surface area (Å²) in [5.74, 6) is -1.90. The molecule has 0 fully saturated rings. The molecule has 0 heterocycles. The quantitative estimate of drug-likeness (QED) is 0.813. The van der Waals surface area contributed by atoms with Gasteiger partial charge in [-0.25, -0.2) is 4.39 Å². The lowest BCUT2D eigenvalue weighted by molar-refractivity contribution is -0.149. The molecule has 1 unspecified atom stereocenters. The summed E-state index contributed by atoms with van der Waals surface area (Å²) in [6, 6.07) is 4.93. The molecule has 0 radical (unpaired) electrons. The van der Waals surface area contributed by atoms with Crippen LogP contribution < -0.4 is 5.32 Å². The normalized spacial score (nSPS) is 15.0. The fraction of sp³-hybridized carbons (Fsp3) is 0.417. The van der Waals surface area contributed by atoms with Crippen molar-refractivity contribution in [3.8, 4) is 0 Å². The zero-order chi connectivity index (χ0) is 14.7. The minimum atomic E-state index is -4.50. The van der Waals surface area contributed by atoms with Crippen molar-refractivity contribution in [2.24, 2.45) is 0 Å². The molecule has 0 amide bonds. The Morgan fingerprint density at radius 1 is 1.26 bits per heavy atom. The fourth-order valence-corrected chi connectivity index (χ4v) is 1.52. The summed E-state index contributed by atoms with van der Waals surface area (Å²) in [5, 5.41) is 11.0. The average molecular weight is 279 g/mol. The van der Waals surface area contributed by atoms with E-state index in [1.165, 1.54) is 12.1 Å². The maximum Gasteiger partial charge on any atom is 0.401 e. The summed E-state index contributed by atoms with van der Waals surface area (Å²) < 4.78 is 49.1. The Morgan fingerprint density at radius 3 is 2.21 bits per heavy atom. The molecule has 0 aliphatic carbocycles. The number of aliphatic carboxylic acids is 1. The van der Waals surface area contributed by atoms with Crippen LogP contribution in [0.4, 0.5) is 17.6 Å². The topological polar surface area (TPSA) is 49.3 Å². The van der Waals surface area contributed by atoms with Crippen LogP contribution in [0.25, 0.3) is 0 Å². The Bertz CT molecular complexity index is 444. The molecule has 106 valence electrons. The van der Waals surface area contributed by atoms with Gasteiger partial charge in [0.1, 0.15) is 11.4 Å². The summed E-state index contributed by atoms with van der Waals surface area (Å²) in [6.45, 7) is -0.249. The Kier molecular flexibility index (Phi) is 4.52. The second kappa shape index (κ2) is 5.56. The highest BCUT2D eigenvalue weighted by Gasteiger charge is 2.37. The molecule has 19 heavy (non-hydrogen) atoms. The van der Waals surface area contributed by atoms with Crippen LogP contribution in [0.5, 0.6) is 0 Å². The van der Waals surface area contributed by atoms with Crippen LogP contribution in [0.2, 0.25) is 0 Å². The van der Waals surface area contributed by atoms with Crippen molar-refractivity contribution < 1.29 is 27.5 Å². The van der Waals surface area contributed by atoms with E-state index in [4.69, 9.17) is 5.11 Å². The summed E-state index contributed by atoms with van der Waals surface area (Å²) in [5.41, 5.74) is -1.34. The number of carbonyl (C=O) groups is 1. The molecule has 0 aliphatic rings. The van der Waals surface area contributed by atoms with Gasteiger partial charge in [-0.2, -0.15) is 13.2 Å². The number of alkyl halides is 3. The van der Waals surface area contributed by atoms with Gasteiger partial charge in [-0.1, -0.05) is 12.1 Å². The van der Waals surface area contributed by atoms with E-state index in [1.54, 1.807) is 0 Å². The van der Waals surface area contributed by atoms with E-state index in [0.717, 1.165) is 19.1 Å². The van der Waals surface area contributed by atoms with Crippen LogP contribution >= 0.6 is 0 Å². The largest absolute Gasteiger partial charge is 0.480 e. The molecule has 3 nitrogen and oxygen atoms in total. The fourth-order valence-electron chi connectivity index (χ4n) is 1.52. The van der Waals surface area contributed by atoms with E-state index in [1.807, 2.05) is 5.32 Å². The van der Waals surface area contributed by atoms with E-state index in [2.05, 4.69) is 0 Å². The van der Waals surface area contributed by atoms with Gasteiger partial charge in [0.05, 0.1) is 6.54 Å². The lowest BCUT2D eigenvalue weighted by Gasteiger charge is -2.27. The second-order valence-corrected chi connectivity index (χ2v) is 4.41. The first-order chi connectivity index (χ1) is 8.62. The van der Waals surface area contributed by atoms with Gasteiger partial charge in [0.2, 0.25) is 0 Å². The van der Waals surface area contributed by atoms with Gasteiger partial charge in [-0.05, 0) is 24.6 Å². The molecule has 1 aromatic carbocycles. The van der Waals surface area contributed by atoms with Gasteiger partial charge in [0.15, 0.2) is 0 Å². The Balaban J connectivity index is 2.82. The van der Waals surface area contributed by atoms with Crippen LogP contribution in [0.3, 0.4) is 0 Å². The monoisotopic (exact) mass is 279 g/mol. The highest BCUT2D eigenvalue weighted by Crippen LogP contribution is 2.18. The van der Waals surface area contributed by atoms with Gasteiger partial charge < -0.3 is 5.11 Å². The van der Waals surface area contributed by atoms with E-state index < -0.39 is 30.0 Å². The molecule has 7 heteroatoms. The summed E-state index contributed by atoms with van der Waals surface area (Å²) in [6.07, 6.45) is -4.68. The van der Waals surface area contributed by atoms with Crippen molar-refractivity contribution in [1.29, 1.82) is 0 Å². The van der Waals surface area contributed by atoms with E-state index in [-0.39, 0.29) is 6.42 Å². The van der Waals surface area contributed by atoms with Gasteiger partial charge in [0, 0.05) is 6.42 Å². The van der Waals surface area contributed by atoms with E-state index >= 15 is 0 Å². The van der Waals surface area contributed by atoms with Crippen LogP contribution in [-0.4, -0.2) is 29.3 Å². The van der Waals surface area contributed by atoms with Gasteiger partial charge in [-0.15, -0.1) is 0 Å². The third kappa shape index (κ3) is 4.86. The minimum Gasteiger partial charge on any atom is -0.480 e. The van der Waals surface area contributed by atoms with Gasteiger partial charge in [0.25, 0.3) is 0 Å². The molecule has 2 N–H and O–H groups in total. The predicted molar refractivity (Wildman–Crippen MR) is 60.2 cm³/mol. The molecule has 0 saturated heterocycles. The van der Waals surface area contributed by atoms with Crippen molar-refractivity contribution in [2.75, 3.05) is 6.54 Å². The van der Waals surface area contributed by atoms with Crippen LogP contribution in [0.15, 0.2) is 24.3 Å². The van der Waals surface area contributed by atoms with Crippen molar-refractivity contribution in [2.45, 2.75) is 25.1 Å².